The van der Waals surface area contributed by atoms with Gasteiger partial charge in [0.2, 0.25) is 0 Å². The van der Waals surface area contributed by atoms with Crippen molar-refractivity contribution >= 4 is 11.6 Å². The van der Waals surface area contributed by atoms with E-state index in [9.17, 15) is 15.0 Å². The summed E-state index contributed by atoms with van der Waals surface area (Å²) in [7, 11) is 0. The van der Waals surface area contributed by atoms with E-state index in [4.69, 9.17) is 4.74 Å². The van der Waals surface area contributed by atoms with Gasteiger partial charge in [-0.05, 0) is 42.8 Å². The first-order valence-electron chi connectivity index (χ1n) is 9.17. The Kier molecular flexibility index (Phi) is 7.80. The molecule has 0 atom stereocenters. The molecular formula is C21H27NO4. The molecule has 2 rings (SSSR count). The molecule has 0 saturated carbocycles. The first kappa shape index (κ1) is 19.6. The normalized spacial score (nSPS) is 10.5. The van der Waals surface area contributed by atoms with Crippen molar-refractivity contribution in [3.05, 3.63) is 48.0 Å². The SMILES string of the molecule is CCCCCCCCOc1ccc(NC(=O)c2c(O)cccc2O)cc1. The quantitative estimate of drug-likeness (QED) is 0.518. The van der Waals surface area contributed by atoms with Crippen LogP contribution in [0.1, 0.15) is 55.8 Å². The highest BCUT2D eigenvalue weighted by Gasteiger charge is 2.16. The van der Waals surface area contributed by atoms with Crippen molar-refractivity contribution in [2.45, 2.75) is 45.4 Å². The van der Waals surface area contributed by atoms with Gasteiger partial charge in [0.05, 0.1) is 6.61 Å². The van der Waals surface area contributed by atoms with Crippen molar-refractivity contribution in [3.8, 4) is 17.2 Å². The predicted molar refractivity (Wildman–Crippen MR) is 103 cm³/mol. The van der Waals surface area contributed by atoms with Crippen LogP contribution in [-0.4, -0.2) is 22.7 Å². The minimum atomic E-state index is -0.568. The number of phenols is 2. The molecule has 0 bridgehead atoms. The molecule has 2 aromatic rings. The van der Waals surface area contributed by atoms with Crippen LogP contribution in [0.5, 0.6) is 17.2 Å². The summed E-state index contributed by atoms with van der Waals surface area (Å²) < 4.78 is 5.70. The Morgan fingerprint density at radius 2 is 1.54 bits per heavy atom. The highest BCUT2D eigenvalue weighted by atomic mass is 16.5. The molecule has 0 heterocycles. The molecule has 0 saturated heterocycles. The van der Waals surface area contributed by atoms with E-state index in [0.717, 1.165) is 12.2 Å². The monoisotopic (exact) mass is 357 g/mol. The maximum atomic E-state index is 12.2. The lowest BCUT2D eigenvalue weighted by Gasteiger charge is -2.10. The number of hydrogen-bond donors (Lipinski definition) is 3. The first-order chi connectivity index (χ1) is 12.6. The number of unbranched alkanes of at least 4 members (excludes halogenated alkanes) is 5. The number of amides is 1. The summed E-state index contributed by atoms with van der Waals surface area (Å²) in [6.45, 7) is 2.89. The number of rotatable bonds is 10. The molecule has 0 aliphatic rings. The van der Waals surface area contributed by atoms with E-state index in [1.54, 1.807) is 24.3 Å². The molecule has 5 heteroatoms. The molecule has 0 spiro atoms. The number of benzene rings is 2. The standard InChI is InChI=1S/C21H27NO4/c1-2-3-4-5-6-7-15-26-17-13-11-16(12-14-17)22-21(25)20-18(23)9-8-10-19(20)24/h8-14,23-24H,2-7,15H2,1H3,(H,22,25). The van der Waals surface area contributed by atoms with Gasteiger partial charge in [-0.2, -0.15) is 0 Å². The van der Waals surface area contributed by atoms with Gasteiger partial charge in [0.1, 0.15) is 22.8 Å². The van der Waals surface area contributed by atoms with Crippen LogP contribution < -0.4 is 10.1 Å². The van der Waals surface area contributed by atoms with Crippen LogP contribution in [0.15, 0.2) is 42.5 Å². The first-order valence-corrected chi connectivity index (χ1v) is 9.17. The summed E-state index contributed by atoms with van der Waals surface area (Å²) in [4.78, 5) is 12.2. The average molecular weight is 357 g/mol. The zero-order chi connectivity index (χ0) is 18.8. The Morgan fingerprint density at radius 1 is 0.923 bits per heavy atom. The van der Waals surface area contributed by atoms with E-state index < -0.39 is 5.91 Å². The Labute approximate surface area is 154 Å². The second kappa shape index (κ2) is 10.3. The summed E-state index contributed by atoms with van der Waals surface area (Å²) in [5.74, 6) is -0.342. The Bertz CT molecular complexity index is 677. The zero-order valence-corrected chi connectivity index (χ0v) is 15.2. The molecule has 26 heavy (non-hydrogen) atoms. The molecular weight excluding hydrogens is 330 g/mol. The summed E-state index contributed by atoms with van der Waals surface area (Å²) in [5.41, 5.74) is 0.417. The molecule has 0 aliphatic heterocycles. The molecule has 1 amide bonds. The Hall–Kier alpha value is -2.69. The fraction of sp³-hybridized carbons (Fsp3) is 0.381. The van der Waals surface area contributed by atoms with Crippen LogP contribution in [0.3, 0.4) is 0 Å². The molecule has 0 aromatic heterocycles. The van der Waals surface area contributed by atoms with Crippen LogP contribution in [0.4, 0.5) is 5.69 Å². The Morgan fingerprint density at radius 3 is 2.19 bits per heavy atom. The van der Waals surface area contributed by atoms with Gasteiger partial charge in [0, 0.05) is 5.69 Å². The number of carbonyl (C=O) groups is 1. The molecule has 0 aliphatic carbocycles. The van der Waals surface area contributed by atoms with Gasteiger partial charge in [-0.15, -0.1) is 0 Å². The molecule has 0 unspecified atom stereocenters. The smallest absolute Gasteiger partial charge is 0.263 e. The third kappa shape index (κ3) is 5.99. The highest BCUT2D eigenvalue weighted by molar-refractivity contribution is 6.08. The molecule has 3 N–H and O–H groups in total. The van der Waals surface area contributed by atoms with Gasteiger partial charge in [-0.25, -0.2) is 0 Å². The van der Waals surface area contributed by atoms with E-state index in [1.807, 2.05) is 0 Å². The van der Waals surface area contributed by atoms with Crippen LogP contribution in [0.2, 0.25) is 0 Å². The number of hydrogen-bond acceptors (Lipinski definition) is 4. The van der Waals surface area contributed by atoms with Crippen molar-refractivity contribution in [1.82, 2.24) is 0 Å². The lowest BCUT2D eigenvalue weighted by molar-refractivity contribution is 0.102. The third-order valence-electron chi connectivity index (χ3n) is 4.13. The summed E-state index contributed by atoms with van der Waals surface area (Å²) >= 11 is 0. The van der Waals surface area contributed by atoms with Crippen LogP contribution >= 0.6 is 0 Å². The summed E-state index contributed by atoms with van der Waals surface area (Å²) in [5, 5.41) is 22.1. The van der Waals surface area contributed by atoms with E-state index in [2.05, 4.69) is 12.2 Å². The van der Waals surface area contributed by atoms with Gasteiger partial charge >= 0.3 is 0 Å². The minimum Gasteiger partial charge on any atom is -0.507 e. The minimum absolute atomic E-state index is 0.143. The average Bonchev–Trinajstić information content (AvgIpc) is 2.62. The zero-order valence-electron chi connectivity index (χ0n) is 15.2. The van der Waals surface area contributed by atoms with Crippen molar-refractivity contribution < 1.29 is 19.7 Å². The Balaban J connectivity index is 1.79. The molecule has 0 radical (unpaired) electrons. The molecule has 140 valence electrons. The summed E-state index contributed by atoms with van der Waals surface area (Å²) in [6.07, 6.45) is 7.31. The van der Waals surface area contributed by atoms with Crippen LogP contribution in [0, 0.1) is 0 Å². The van der Waals surface area contributed by atoms with Gasteiger partial charge in [0.15, 0.2) is 0 Å². The van der Waals surface area contributed by atoms with Crippen molar-refractivity contribution in [2.75, 3.05) is 11.9 Å². The number of ether oxygens (including phenoxy) is 1. The largest absolute Gasteiger partial charge is 0.507 e. The van der Waals surface area contributed by atoms with Crippen molar-refractivity contribution in [3.63, 3.8) is 0 Å². The second-order valence-electron chi connectivity index (χ2n) is 6.27. The predicted octanol–water partition coefficient (Wildman–Crippen LogP) is 5.09. The van der Waals surface area contributed by atoms with Crippen molar-refractivity contribution in [2.24, 2.45) is 0 Å². The fourth-order valence-electron chi connectivity index (χ4n) is 2.66. The number of carbonyl (C=O) groups excluding carboxylic acids is 1. The van der Waals surface area contributed by atoms with E-state index >= 15 is 0 Å². The lowest BCUT2D eigenvalue weighted by Crippen LogP contribution is -2.12. The van der Waals surface area contributed by atoms with E-state index in [0.29, 0.717) is 12.3 Å². The van der Waals surface area contributed by atoms with E-state index in [1.165, 1.54) is 50.3 Å². The molecule has 5 nitrogen and oxygen atoms in total. The highest BCUT2D eigenvalue weighted by Crippen LogP contribution is 2.27. The van der Waals surface area contributed by atoms with Gasteiger partial charge in [-0.1, -0.05) is 45.1 Å². The number of anilines is 1. The number of aromatic hydroxyl groups is 2. The third-order valence-corrected chi connectivity index (χ3v) is 4.13. The molecule has 0 fully saturated rings. The maximum Gasteiger partial charge on any atom is 0.263 e. The van der Waals surface area contributed by atoms with Gasteiger partial charge in [-0.3, -0.25) is 4.79 Å². The fourth-order valence-corrected chi connectivity index (χ4v) is 2.66. The molecule has 2 aromatic carbocycles. The van der Waals surface area contributed by atoms with Crippen LogP contribution in [0.25, 0.3) is 0 Å². The number of phenolic OH excluding ortho intramolecular Hbond substituents is 2. The lowest BCUT2D eigenvalue weighted by atomic mass is 10.1. The topological polar surface area (TPSA) is 78.8 Å². The summed E-state index contributed by atoms with van der Waals surface area (Å²) in [6, 6.07) is 11.2. The maximum absolute atomic E-state index is 12.2. The van der Waals surface area contributed by atoms with E-state index in [-0.39, 0.29) is 17.1 Å². The second-order valence-corrected chi connectivity index (χ2v) is 6.27. The van der Waals surface area contributed by atoms with Gasteiger partial charge in [0.25, 0.3) is 5.91 Å². The van der Waals surface area contributed by atoms with Gasteiger partial charge < -0.3 is 20.3 Å². The van der Waals surface area contributed by atoms with Crippen molar-refractivity contribution in [1.29, 1.82) is 0 Å². The number of nitrogens with one attached hydrogen (secondary N) is 1. The van der Waals surface area contributed by atoms with Crippen LogP contribution in [-0.2, 0) is 0 Å².